The molecule has 5 nitrogen and oxygen atoms in total. The van der Waals surface area contributed by atoms with Gasteiger partial charge in [-0.2, -0.15) is 0 Å². The van der Waals surface area contributed by atoms with Gasteiger partial charge in [-0.1, -0.05) is 20.8 Å². The van der Waals surface area contributed by atoms with E-state index in [1.807, 2.05) is 13.8 Å². The molecule has 1 aromatic rings. The molecule has 0 atom stereocenters. The summed E-state index contributed by atoms with van der Waals surface area (Å²) in [6.45, 7) is 11.5. The summed E-state index contributed by atoms with van der Waals surface area (Å²) in [7, 11) is -1.87. The van der Waals surface area contributed by atoms with Gasteiger partial charge in [-0.15, -0.1) is 0 Å². The molecule has 0 fully saturated rings. The second-order valence-corrected chi connectivity index (χ2v) is 7.79. The summed E-state index contributed by atoms with van der Waals surface area (Å²) in [5.41, 5.74) is 0.741. The van der Waals surface area contributed by atoms with Gasteiger partial charge in [0.25, 0.3) is 0 Å². The first-order chi connectivity index (χ1) is 9.71. The number of sulfonamides is 1. The molecule has 1 N–H and O–H groups in total. The highest BCUT2D eigenvalue weighted by Gasteiger charge is 2.30. The largest absolute Gasteiger partial charge is 0.465 e. The van der Waals surface area contributed by atoms with Crippen molar-refractivity contribution in [1.29, 1.82) is 0 Å². The Hall–Kier alpha value is -0.850. The van der Waals surface area contributed by atoms with E-state index in [9.17, 15) is 8.42 Å². The molecule has 0 saturated carbocycles. The zero-order valence-electron chi connectivity index (χ0n) is 14.0. The van der Waals surface area contributed by atoms with Crippen LogP contribution in [0.25, 0.3) is 0 Å². The molecule has 0 aromatic carbocycles. The minimum absolute atomic E-state index is 0.326. The zero-order chi connectivity index (χ0) is 16.2. The molecular formula is C15H28N2O3S. The van der Waals surface area contributed by atoms with Gasteiger partial charge in [-0.25, -0.2) is 12.7 Å². The third kappa shape index (κ3) is 4.31. The van der Waals surface area contributed by atoms with Crippen molar-refractivity contribution in [2.75, 3.05) is 20.1 Å². The van der Waals surface area contributed by atoms with Crippen molar-refractivity contribution in [3.05, 3.63) is 17.1 Å². The molecule has 0 radical (unpaired) electrons. The molecule has 6 heteroatoms. The summed E-state index contributed by atoms with van der Waals surface area (Å²) in [6.07, 6.45) is 0.841. The van der Waals surface area contributed by atoms with E-state index in [4.69, 9.17) is 4.42 Å². The van der Waals surface area contributed by atoms with Crippen molar-refractivity contribution in [3.8, 4) is 0 Å². The van der Waals surface area contributed by atoms with Crippen LogP contribution in [0.3, 0.4) is 0 Å². The average molecular weight is 316 g/mol. The molecule has 1 heterocycles. The highest BCUT2D eigenvalue weighted by Crippen LogP contribution is 2.29. The van der Waals surface area contributed by atoms with Gasteiger partial charge < -0.3 is 9.73 Å². The Morgan fingerprint density at radius 3 is 2.38 bits per heavy atom. The standard InChI is InChI=1S/C15H28N2O3S/c1-7-16-10-14-12(4)20-13(5)15(14)21(18,19)17(6)9-8-11(2)3/h11,16H,7-10H2,1-6H3. The van der Waals surface area contributed by atoms with Crippen LogP contribution in [-0.4, -0.2) is 32.9 Å². The number of hydrogen-bond acceptors (Lipinski definition) is 4. The second kappa shape index (κ2) is 7.42. The molecule has 122 valence electrons. The lowest BCUT2D eigenvalue weighted by molar-refractivity contribution is 0.425. The molecule has 0 aliphatic rings. The Morgan fingerprint density at radius 1 is 1.24 bits per heavy atom. The number of rotatable bonds is 8. The van der Waals surface area contributed by atoms with Crippen molar-refractivity contribution >= 4 is 10.0 Å². The third-order valence-electron chi connectivity index (χ3n) is 3.57. The monoisotopic (exact) mass is 316 g/mol. The zero-order valence-corrected chi connectivity index (χ0v) is 14.8. The molecule has 0 aliphatic heterocycles. The van der Waals surface area contributed by atoms with E-state index in [0.717, 1.165) is 18.5 Å². The number of nitrogens with one attached hydrogen (secondary N) is 1. The van der Waals surface area contributed by atoms with Gasteiger partial charge in [0.15, 0.2) is 0 Å². The SMILES string of the molecule is CCNCc1c(C)oc(C)c1S(=O)(=O)N(C)CCC(C)C. The van der Waals surface area contributed by atoms with Crippen LogP contribution in [0.4, 0.5) is 0 Å². The summed E-state index contributed by atoms with van der Waals surface area (Å²) in [6, 6.07) is 0. The van der Waals surface area contributed by atoms with Crippen LogP contribution in [0.2, 0.25) is 0 Å². The Morgan fingerprint density at radius 2 is 1.86 bits per heavy atom. The lowest BCUT2D eigenvalue weighted by atomic mass is 10.1. The lowest BCUT2D eigenvalue weighted by Crippen LogP contribution is -2.30. The van der Waals surface area contributed by atoms with Crippen LogP contribution in [0.1, 0.15) is 44.3 Å². The van der Waals surface area contributed by atoms with E-state index in [0.29, 0.717) is 35.4 Å². The first-order valence-electron chi connectivity index (χ1n) is 7.47. The molecular weight excluding hydrogens is 288 g/mol. The second-order valence-electron chi connectivity index (χ2n) is 5.81. The topological polar surface area (TPSA) is 62.6 Å². The van der Waals surface area contributed by atoms with E-state index in [-0.39, 0.29) is 0 Å². The van der Waals surface area contributed by atoms with E-state index in [2.05, 4.69) is 19.2 Å². The maximum atomic E-state index is 12.8. The number of furan rings is 1. The maximum Gasteiger partial charge on any atom is 0.246 e. The molecule has 0 spiro atoms. The predicted molar refractivity (Wildman–Crippen MR) is 84.8 cm³/mol. The first-order valence-corrected chi connectivity index (χ1v) is 8.91. The fourth-order valence-corrected chi connectivity index (χ4v) is 3.81. The maximum absolute atomic E-state index is 12.8. The Labute approximate surface area is 128 Å². The Balaban J connectivity index is 3.12. The molecule has 0 unspecified atom stereocenters. The molecule has 1 aromatic heterocycles. The summed E-state index contributed by atoms with van der Waals surface area (Å²) in [5.74, 6) is 1.61. The summed E-state index contributed by atoms with van der Waals surface area (Å²) in [5, 5.41) is 3.18. The van der Waals surface area contributed by atoms with Gasteiger partial charge >= 0.3 is 0 Å². The molecule has 0 aliphatic carbocycles. The van der Waals surface area contributed by atoms with E-state index >= 15 is 0 Å². The van der Waals surface area contributed by atoms with Crippen molar-refractivity contribution in [1.82, 2.24) is 9.62 Å². The summed E-state index contributed by atoms with van der Waals surface area (Å²) in [4.78, 5) is 0.326. The van der Waals surface area contributed by atoms with Crippen molar-refractivity contribution < 1.29 is 12.8 Å². The Bertz CT molecular complexity index is 562. The minimum Gasteiger partial charge on any atom is -0.465 e. The quantitative estimate of drug-likeness (QED) is 0.801. The van der Waals surface area contributed by atoms with Gasteiger partial charge in [0, 0.05) is 25.7 Å². The molecule has 1 rings (SSSR count). The Kier molecular flexibility index (Phi) is 6.43. The fraction of sp³-hybridized carbons (Fsp3) is 0.733. The fourth-order valence-electron chi connectivity index (χ4n) is 2.22. The number of aryl methyl sites for hydroxylation is 2. The van der Waals surface area contributed by atoms with Crippen LogP contribution in [-0.2, 0) is 16.6 Å². The summed E-state index contributed by atoms with van der Waals surface area (Å²) >= 11 is 0. The average Bonchev–Trinajstić information content (AvgIpc) is 2.68. The summed E-state index contributed by atoms with van der Waals surface area (Å²) < 4.78 is 32.6. The van der Waals surface area contributed by atoms with E-state index in [1.54, 1.807) is 14.0 Å². The van der Waals surface area contributed by atoms with Crippen LogP contribution >= 0.6 is 0 Å². The predicted octanol–water partition coefficient (Wildman–Crippen LogP) is 2.67. The van der Waals surface area contributed by atoms with Crippen LogP contribution < -0.4 is 5.32 Å². The molecule has 0 saturated heterocycles. The van der Waals surface area contributed by atoms with Gasteiger partial charge in [-0.3, -0.25) is 0 Å². The van der Waals surface area contributed by atoms with Crippen LogP contribution in [0.5, 0.6) is 0 Å². The molecule has 0 amide bonds. The van der Waals surface area contributed by atoms with Crippen molar-refractivity contribution in [2.45, 2.75) is 52.5 Å². The van der Waals surface area contributed by atoms with Crippen molar-refractivity contribution in [2.24, 2.45) is 5.92 Å². The molecule has 0 bridgehead atoms. The third-order valence-corrected chi connectivity index (χ3v) is 5.62. The van der Waals surface area contributed by atoms with E-state index in [1.165, 1.54) is 4.31 Å². The normalized spacial score (nSPS) is 12.6. The van der Waals surface area contributed by atoms with Gasteiger partial charge in [0.05, 0.1) is 0 Å². The highest BCUT2D eigenvalue weighted by molar-refractivity contribution is 7.89. The number of nitrogens with zero attached hydrogens (tertiary/aromatic N) is 1. The molecule has 21 heavy (non-hydrogen) atoms. The first kappa shape index (κ1) is 18.2. The highest BCUT2D eigenvalue weighted by atomic mass is 32.2. The minimum atomic E-state index is -3.51. The lowest BCUT2D eigenvalue weighted by Gasteiger charge is -2.19. The van der Waals surface area contributed by atoms with Crippen molar-refractivity contribution in [3.63, 3.8) is 0 Å². The van der Waals surface area contributed by atoms with Crippen LogP contribution in [0.15, 0.2) is 9.31 Å². The smallest absolute Gasteiger partial charge is 0.246 e. The number of hydrogen-bond donors (Lipinski definition) is 1. The van der Waals surface area contributed by atoms with E-state index < -0.39 is 10.0 Å². The van der Waals surface area contributed by atoms with Gasteiger partial charge in [0.1, 0.15) is 16.4 Å². The van der Waals surface area contributed by atoms with Gasteiger partial charge in [-0.05, 0) is 32.7 Å². The van der Waals surface area contributed by atoms with Gasteiger partial charge in [0.2, 0.25) is 10.0 Å². The van der Waals surface area contributed by atoms with Crippen LogP contribution in [0, 0.1) is 19.8 Å².